The molecule has 0 N–H and O–H groups in total. The highest BCUT2D eigenvalue weighted by Crippen LogP contribution is 2.18. The Hall–Kier alpha value is -3.35. The molecule has 4 rings (SSSR count). The zero-order valence-corrected chi connectivity index (χ0v) is 16.1. The zero-order valence-electron chi connectivity index (χ0n) is 16.1. The lowest BCUT2D eigenvalue weighted by molar-refractivity contribution is 0.482. The van der Waals surface area contributed by atoms with Crippen LogP contribution in [0.5, 0.6) is 0 Å². The molecular formula is C21H22N4O3. The minimum Gasteiger partial charge on any atom is -0.467 e. The Kier molecular flexibility index (Phi) is 4.50. The third kappa shape index (κ3) is 2.89. The van der Waals surface area contributed by atoms with Gasteiger partial charge in [-0.3, -0.25) is 9.36 Å². The average Bonchev–Trinajstić information content (AvgIpc) is 3.35. The van der Waals surface area contributed by atoms with Gasteiger partial charge < -0.3 is 8.98 Å². The number of aromatic nitrogens is 4. The number of imidazole rings is 1. The minimum atomic E-state index is -0.437. The topological polar surface area (TPSA) is 75.0 Å². The molecule has 0 saturated heterocycles. The highest BCUT2D eigenvalue weighted by atomic mass is 16.3. The van der Waals surface area contributed by atoms with Crippen molar-refractivity contribution in [1.82, 2.24) is 18.7 Å². The van der Waals surface area contributed by atoms with Crippen LogP contribution in [0.25, 0.3) is 16.9 Å². The maximum absolute atomic E-state index is 13.3. The molecule has 1 aromatic carbocycles. The number of furan rings is 1. The molecule has 0 aliphatic carbocycles. The van der Waals surface area contributed by atoms with Gasteiger partial charge in [-0.2, -0.15) is 0 Å². The van der Waals surface area contributed by atoms with Crippen LogP contribution in [-0.4, -0.2) is 18.7 Å². The summed E-state index contributed by atoms with van der Waals surface area (Å²) in [7, 11) is 0. The van der Waals surface area contributed by atoms with Crippen LogP contribution in [0.4, 0.5) is 0 Å². The summed E-state index contributed by atoms with van der Waals surface area (Å²) in [5.41, 5.74) is 1.81. The second-order valence-corrected chi connectivity index (χ2v) is 7.04. The first-order valence-corrected chi connectivity index (χ1v) is 9.34. The quantitative estimate of drug-likeness (QED) is 0.535. The summed E-state index contributed by atoms with van der Waals surface area (Å²) in [6.45, 7) is 6.82. The Morgan fingerprint density at radius 3 is 2.46 bits per heavy atom. The summed E-state index contributed by atoms with van der Waals surface area (Å²) in [5.74, 6) is 0.931. The van der Waals surface area contributed by atoms with E-state index >= 15 is 0 Å². The molecule has 0 amide bonds. The monoisotopic (exact) mass is 378 g/mol. The van der Waals surface area contributed by atoms with Crippen molar-refractivity contribution in [3.05, 3.63) is 81.2 Å². The Balaban J connectivity index is 2.00. The lowest BCUT2D eigenvalue weighted by Gasteiger charge is -2.13. The second-order valence-electron chi connectivity index (χ2n) is 7.04. The molecule has 3 aromatic heterocycles. The number of hydrogen-bond acceptors (Lipinski definition) is 4. The number of aryl methyl sites for hydroxylation is 1. The van der Waals surface area contributed by atoms with Gasteiger partial charge in [0.05, 0.1) is 24.8 Å². The van der Waals surface area contributed by atoms with E-state index < -0.39 is 5.69 Å². The Labute approximate surface area is 161 Å². The van der Waals surface area contributed by atoms with Crippen molar-refractivity contribution >= 4 is 11.2 Å². The molecule has 7 nitrogen and oxygen atoms in total. The molecule has 3 heterocycles. The van der Waals surface area contributed by atoms with Gasteiger partial charge in [-0.15, -0.1) is 0 Å². The predicted octanol–water partition coefficient (Wildman–Crippen LogP) is 3.13. The molecule has 144 valence electrons. The van der Waals surface area contributed by atoms with E-state index in [-0.39, 0.29) is 12.1 Å². The Morgan fingerprint density at radius 2 is 1.86 bits per heavy atom. The number of fused-ring (bicyclic) bond motifs is 1. The first kappa shape index (κ1) is 18.0. The third-order valence-corrected chi connectivity index (χ3v) is 4.95. The molecule has 0 saturated carbocycles. The zero-order chi connectivity index (χ0) is 19.8. The molecule has 7 heteroatoms. The van der Waals surface area contributed by atoms with Crippen LogP contribution < -0.4 is 11.2 Å². The van der Waals surface area contributed by atoms with Gasteiger partial charge in [0.25, 0.3) is 5.56 Å². The molecule has 0 aliphatic rings. The van der Waals surface area contributed by atoms with E-state index in [4.69, 9.17) is 4.42 Å². The molecule has 0 atom stereocenters. The van der Waals surface area contributed by atoms with Crippen LogP contribution in [0.1, 0.15) is 38.0 Å². The smallest absolute Gasteiger partial charge is 0.337 e. The maximum atomic E-state index is 13.3. The van der Waals surface area contributed by atoms with Crippen molar-refractivity contribution in [1.29, 1.82) is 0 Å². The predicted molar refractivity (Wildman–Crippen MR) is 107 cm³/mol. The fourth-order valence-corrected chi connectivity index (χ4v) is 3.36. The average molecular weight is 378 g/mol. The molecule has 28 heavy (non-hydrogen) atoms. The second kappa shape index (κ2) is 6.99. The van der Waals surface area contributed by atoms with Crippen LogP contribution in [0.15, 0.2) is 63.0 Å². The van der Waals surface area contributed by atoms with E-state index in [9.17, 15) is 9.59 Å². The number of nitrogens with zero attached hydrogens (tertiary/aromatic N) is 4. The third-order valence-electron chi connectivity index (χ3n) is 4.95. The van der Waals surface area contributed by atoms with Gasteiger partial charge in [0, 0.05) is 6.54 Å². The van der Waals surface area contributed by atoms with E-state index in [0.29, 0.717) is 35.1 Å². The van der Waals surface area contributed by atoms with Crippen LogP contribution in [0.3, 0.4) is 0 Å². The molecule has 0 unspecified atom stereocenters. The lowest BCUT2D eigenvalue weighted by atomic mass is 10.0. The Morgan fingerprint density at radius 1 is 1.11 bits per heavy atom. The van der Waals surface area contributed by atoms with Crippen molar-refractivity contribution < 1.29 is 4.42 Å². The molecule has 0 bridgehead atoms. The fraction of sp³-hybridized carbons (Fsp3) is 0.286. The van der Waals surface area contributed by atoms with Crippen molar-refractivity contribution in [3.63, 3.8) is 0 Å². The summed E-state index contributed by atoms with van der Waals surface area (Å²) in [6.07, 6.45) is 3.13. The van der Waals surface area contributed by atoms with Crippen molar-refractivity contribution in [2.45, 2.75) is 39.8 Å². The lowest BCUT2D eigenvalue weighted by Crippen LogP contribution is -2.40. The van der Waals surface area contributed by atoms with Gasteiger partial charge >= 0.3 is 5.69 Å². The van der Waals surface area contributed by atoms with E-state index in [1.54, 1.807) is 23.0 Å². The first-order valence-electron chi connectivity index (χ1n) is 9.34. The molecular weight excluding hydrogens is 356 g/mol. The molecule has 0 aliphatic heterocycles. The maximum Gasteiger partial charge on any atom is 0.337 e. The normalized spacial score (nSPS) is 11.6. The summed E-state index contributed by atoms with van der Waals surface area (Å²) in [6, 6.07) is 11.3. The Bertz CT molecular complexity index is 1230. The summed E-state index contributed by atoms with van der Waals surface area (Å²) in [4.78, 5) is 30.7. The van der Waals surface area contributed by atoms with E-state index in [0.717, 1.165) is 0 Å². The highest BCUT2D eigenvalue weighted by molar-refractivity contribution is 5.72. The van der Waals surface area contributed by atoms with Gasteiger partial charge in [-0.05, 0) is 42.7 Å². The van der Waals surface area contributed by atoms with Gasteiger partial charge in [0.1, 0.15) is 5.76 Å². The largest absolute Gasteiger partial charge is 0.467 e. The van der Waals surface area contributed by atoms with Gasteiger partial charge in [-0.25, -0.2) is 14.3 Å². The van der Waals surface area contributed by atoms with Crippen molar-refractivity contribution in [2.24, 2.45) is 0 Å². The van der Waals surface area contributed by atoms with Crippen molar-refractivity contribution in [3.8, 4) is 5.69 Å². The molecule has 0 radical (unpaired) electrons. The molecule has 0 spiro atoms. The first-order chi connectivity index (χ1) is 13.5. The van der Waals surface area contributed by atoms with Gasteiger partial charge in [0.15, 0.2) is 11.2 Å². The minimum absolute atomic E-state index is 0.0690. The van der Waals surface area contributed by atoms with Crippen LogP contribution in [-0.2, 0) is 13.1 Å². The van der Waals surface area contributed by atoms with Crippen LogP contribution >= 0.6 is 0 Å². The standard InChI is InChI=1S/C21H22N4O3/c1-4-23-13-22-19-18(23)20(26)24(12-17-6-5-11-28-17)21(27)25(19)16-9-7-15(8-10-16)14(2)3/h5-11,13-14H,4,12H2,1-3H3. The number of rotatable bonds is 5. The summed E-state index contributed by atoms with van der Waals surface area (Å²) in [5, 5.41) is 0. The SMILES string of the molecule is CCn1cnc2c1c(=O)n(Cc1ccco1)c(=O)n2-c1ccc(C(C)C)cc1. The number of benzene rings is 1. The highest BCUT2D eigenvalue weighted by Gasteiger charge is 2.19. The molecule has 0 fully saturated rings. The molecule has 4 aromatic rings. The van der Waals surface area contributed by atoms with Crippen molar-refractivity contribution in [2.75, 3.05) is 0 Å². The van der Waals surface area contributed by atoms with Crippen LogP contribution in [0, 0.1) is 0 Å². The summed E-state index contributed by atoms with van der Waals surface area (Å²) < 4.78 is 9.81. The van der Waals surface area contributed by atoms with E-state index in [1.165, 1.54) is 21.0 Å². The van der Waals surface area contributed by atoms with Crippen LogP contribution in [0.2, 0.25) is 0 Å². The van der Waals surface area contributed by atoms with E-state index in [1.807, 2.05) is 31.2 Å². The fourth-order valence-electron chi connectivity index (χ4n) is 3.36. The van der Waals surface area contributed by atoms with Gasteiger partial charge in [-0.1, -0.05) is 26.0 Å². The van der Waals surface area contributed by atoms with Gasteiger partial charge in [0.2, 0.25) is 0 Å². The van der Waals surface area contributed by atoms with E-state index in [2.05, 4.69) is 18.8 Å². The number of hydrogen-bond donors (Lipinski definition) is 0. The summed E-state index contributed by atoms with van der Waals surface area (Å²) >= 11 is 0.